The number of hydrogen-bond acceptors (Lipinski definition) is 4. The van der Waals surface area contributed by atoms with Crippen LogP contribution in [0.25, 0.3) is 11.4 Å². The van der Waals surface area contributed by atoms with Crippen molar-refractivity contribution in [3.8, 4) is 11.4 Å². The summed E-state index contributed by atoms with van der Waals surface area (Å²) in [6, 6.07) is 10.4. The van der Waals surface area contributed by atoms with Crippen LogP contribution in [0.5, 0.6) is 0 Å². The Morgan fingerprint density at radius 2 is 2.18 bits per heavy atom. The topological polar surface area (TPSA) is 55.6 Å². The maximum Gasteiger partial charge on any atom is 0.204 e. The van der Waals surface area contributed by atoms with E-state index >= 15 is 0 Å². The molecular formula is C12H15N5. The largest absolute Gasteiger partial charge is 0.312 e. The number of tetrazole rings is 1. The first kappa shape index (κ1) is 10.4. The second-order valence-corrected chi connectivity index (χ2v) is 4.33. The van der Waals surface area contributed by atoms with Gasteiger partial charge in [-0.3, -0.25) is 0 Å². The van der Waals surface area contributed by atoms with Crippen LogP contribution in [0.4, 0.5) is 0 Å². The van der Waals surface area contributed by atoms with Crippen LogP contribution in [-0.2, 0) is 6.54 Å². The molecule has 1 aromatic carbocycles. The molecule has 0 amide bonds. The number of aromatic nitrogens is 4. The van der Waals surface area contributed by atoms with E-state index in [0.29, 0.717) is 11.9 Å². The maximum absolute atomic E-state index is 4.40. The molecule has 1 aliphatic heterocycles. The van der Waals surface area contributed by atoms with Gasteiger partial charge in [0.25, 0.3) is 0 Å². The van der Waals surface area contributed by atoms with Gasteiger partial charge in [-0.1, -0.05) is 30.3 Å². The molecule has 0 saturated carbocycles. The van der Waals surface area contributed by atoms with Gasteiger partial charge in [0.1, 0.15) is 0 Å². The van der Waals surface area contributed by atoms with Gasteiger partial charge in [-0.25, -0.2) is 0 Å². The third-order valence-electron chi connectivity index (χ3n) is 3.03. The first-order chi connectivity index (χ1) is 8.42. The summed E-state index contributed by atoms with van der Waals surface area (Å²) in [4.78, 5) is 1.69. The third kappa shape index (κ3) is 2.34. The zero-order valence-electron chi connectivity index (χ0n) is 9.58. The van der Waals surface area contributed by atoms with Crippen molar-refractivity contribution in [2.75, 3.05) is 6.54 Å². The van der Waals surface area contributed by atoms with E-state index in [2.05, 4.69) is 20.7 Å². The molecule has 3 rings (SSSR count). The minimum atomic E-state index is 0.493. The summed E-state index contributed by atoms with van der Waals surface area (Å²) in [6.07, 6.45) is 2.44. The molecule has 0 aliphatic carbocycles. The molecule has 1 fully saturated rings. The van der Waals surface area contributed by atoms with Crippen molar-refractivity contribution in [1.29, 1.82) is 0 Å². The van der Waals surface area contributed by atoms with E-state index in [0.717, 1.165) is 18.7 Å². The van der Waals surface area contributed by atoms with E-state index in [9.17, 15) is 0 Å². The van der Waals surface area contributed by atoms with Crippen LogP contribution in [0.1, 0.15) is 12.8 Å². The highest BCUT2D eigenvalue weighted by atomic mass is 15.6. The van der Waals surface area contributed by atoms with Gasteiger partial charge < -0.3 is 5.32 Å². The summed E-state index contributed by atoms with van der Waals surface area (Å²) in [5, 5.41) is 16.0. The second kappa shape index (κ2) is 4.63. The van der Waals surface area contributed by atoms with Crippen LogP contribution in [0.15, 0.2) is 30.3 Å². The first-order valence-corrected chi connectivity index (χ1v) is 5.98. The number of rotatable bonds is 3. The van der Waals surface area contributed by atoms with Crippen molar-refractivity contribution in [2.45, 2.75) is 25.4 Å². The highest BCUT2D eigenvalue weighted by Gasteiger charge is 2.16. The van der Waals surface area contributed by atoms with Gasteiger partial charge in [0.2, 0.25) is 5.82 Å². The number of benzene rings is 1. The molecule has 1 N–H and O–H groups in total. The van der Waals surface area contributed by atoms with E-state index in [-0.39, 0.29) is 0 Å². The van der Waals surface area contributed by atoms with E-state index in [4.69, 9.17) is 0 Å². The van der Waals surface area contributed by atoms with Crippen molar-refractivity contribution in [1.82, 2.24) is 25.5 Å². The monoisotopic (exact) mass is 229 g/mol. The molecule has 17 heavy (non-hydrogen) atoms. The predicted molar refractivity (Wildman–Crippen MR) is 64.3 cm³/mol. The van der Waals surface area contributed by atoms with Crippen LogP contribution in [0.2, 0.25) is 0 Å². The number of nitrogens with one attached hydrogen (secondary N) is 1. The van der Waals surface area contributed by atoms with Gasteiger partial charge in [-0.2, -0.15) is 4.80 Å². The van der Waals surface area contributed by atoms with Crippen molar-refractivity contribution < 1.29 is 0 Å². The highest BCUT2D eigenvalue weighted by Crippen LogP contribution is 2.12. The molecule has 2 heterocycles. The lowest BCUT2D eigenvalue weighted by Gasteiger charge is -2.07. The molecule has 0 bridgehead atoms. The minimum absolute atomic E-state index is 0.493. The van der Waals surface area contributed by atoms with Gasteiger partial charge in [0.15, 0.2) is 0 Å². The summed E-state index contributed by atoms with van der Waals surface area (Å²) in [5.41, 5.74) is 1.01. The molecule has 88 valence electrons. The van der Waals surface area contributed by atoms with Crippen LogP contribution < -0.4 is 5.32 Å². The average Bonchev–Trinajstić information content (AvgIpc) is 3.02. The average molecular weight is 229 g/mol. The molecule has 5 nitrogen and oxygen atoms in total. The molecule has 0 unspecified atom stereocenters. The van der Waals surface area contributed by atoms with Gasteiger partial charge in [0.05, 0.1) is 6.54 Å². The van der Waals surface area contributed by atoms with E-state index in [1.54, 1.807) is 4.80 Å². The highest BCUT2D eigenvalue weighted by molar-refractivity contribution is 5.52. The van der Waals surface area contributed by atoms with Crippen molar-refractivity contribution >= 4 is 0 Å². The predicted octanol–water partition coefficient (Wildman–Crippen LogP) is 1.09. The van der Waals surface area contributed by atoms with Crippen LogP contribution >= 0.6 is 0 Å². The first-order valence-electron chi connectivity index (χ1n) is 5.98. The molecular weight excluding hydrogens is 214 g/mol. The second-order valence-electron chi connectivity index (χ2n) is 4.33. The Hall–Kier alpha value is -1.75. The SMILES string of the molecule is c1ccc(-c2nnn(C[C@H]3CCCN3)n2)cc1. The molecule has 0 radical (unpaired) electrons. The zero-order valence-corrected chi connectivity index (χ0v) is 9.58. The fourth-order valence-electron chi connectivity index (χ4n) is 2.13. The lowest BCUT2D eigenvalue weighted by atomic mass is 10.2. The van der Waals surface area contributed by atoms with E-state index in [1.807, 2.05) is 30.3 Å². The van der Waals surface area contributed by atoms with Crippen LogP contribution in [0.3, 0.4) is 0 Å². The Morgan fingerprint density at radius 3 is 2.94 bits per heavy atom. The quantitative estimate of drug-likeness (QED) is 0.856. The van der Waals surface area contributed by atoms with Gasteiger partial charge in [0, 0.05) is 11.6 Å². The molecule has 1 atom stereocenters. The summed E-state index contributed by atoms with van der Waals surface area (Å²) in [7, 11) is 0. The van der Waals surface area contributed by atoms with Crippen molar-refractivity contribution in [3.05, 3.63) is 30.3 Å². The Bertz CT molecular complexity index is 473. The summed E-state index contributed by atoms with van der Waals surface area (Å²) < 4.78 is 0. The molecule has 2 aromatic rings. The Balaban J connectivity index is 1.74. The van der Waals surface area contributed by atoms with Crippen LogP contribution in [-0.4, -0.2) is 32.8 Å². The van der Waals surface area contributed by atoms with Crippen LogP contribution in [0, 0.1) is 0 Å². The lowest BCUT2D eigenvalue weighted by Crippen LogP contribution is -2.27. The van der Waals surface area contributed by atoms with E-state index in [1.165, 1.54) is 12.8 Å². The Morgan fingerprint density at radius 1 is 1.29 bits per heavy atom. The standard InChI is InChI=1S/C12H15N5/c1-2-5-10(6-3-1)12-14-16-17(15-12)9-11-7-4-8-13-11/h1-3,5-6,11,13H,4,7-9H2/t11-/m1/s1. The molecule has 1 aliphatic rings. The fourth-order valence-corrected chi connectivity index (χ4v) is 2.13. The maximum atomic E-state index is 4.40. The zero-order chi connectivity index (χ0) is 11.5. The van der Waals surface area contributed by atoms with Gasteiger partial charge >= 0.3 is 0 Å². The Labute approximate surface area is 99.8 Å². The van der Waals surface area contributed by atoms with Crippen molar-refractivity contribution in [2.24, 2.45) is 0 Å². The van der Waals surface area contributed by atoms with Gasteiger partial charge in [-0.05, 0) is 24.6 Å². The third-order valence-corrected chi connectivity index (χ3v) is 3.03. The number of nitrogens with zero attached hydrogens (tertiary/aromatic N) is 4. The normalized spacial score (nSPS) is 19.6. The Kier molecular flexibility index (Phi) is 2.83. The molecule has 0 spiro atoms. The molecule has 1 aromatic heterocycles. The summed E-state index contributed by atoms with van der Waals surface area (Å²) >= 11 is 0. The minimum Gasteiger partial charge on any atom is -0.312 e. The molecule has 5 heteroatoms. The summed E-state index contributed by atoms with van der Waals surface area (Å²) in [5.74, 6) is 0.698. The summed E-state index contributed by atoms with van der Waals surface area (Å²) in [6.45, 7) is 1.91. The van der Waals surface area contributed by atoms with Gasteiger partial charge in [-0.15, -0.1) is 10.2 Å². The fraction of sp³-hybridized carbons (Fsp3) is 0.417. The smallest absolute Gasteiger partial charge is 0.204 e. The van der Waals surface area contributed by atoms with Crippen molar-refractivity contribution in [3.63, 3.8) is 0 Å². The molecule has 1 saturated heterocycles. The number of hydrogen-bond donors (Lipinski definition) is 1. The lowest BCUT2D eigenvalue weighted by molar-refractivity contribution is 0.429. The van der Waals surface area contributed by atoms with E-state index < -0.39 is 0 Å².